The zero-order chi connectivity index (χ0) is 18.6. The van der Waals surface area contributed by atoms with Crippen LogP contribution in [0.4, 0.5) is 13.2 Å². The van der Waals surface area contributed by atoms with Gasteiger partial charge in [-0.15, -0.1) is 0 Å². The van der Waals surface area contributed by atoms with Crippen LogP contribution in [0.25, 0.3) is 0 Å². The summed E-state index contributed by atoms with van der Waals surface area (Å²) >= 11 is 2.06. The lowest BCUT2D eigenvalue weighted by atomic mass is 10.0. The Bertz CT molecular complexity index is 793. The molecule has 0 saturated carbocycles. The van der Waals surface area contributed by atoms with E-state index in [-0.39, 0.29) is 6.42 Å². The number of rotatable bonds is 5. The van der Waals surface area contributed by atoms with Crippen LogP contribution in [0.3, 0.4) is 0 Å². The van der Waals surface area contributed by atoms with Gasteiger partial charge in [-0.05, 0) is 46.4 Å². The quantitative estimate of drug-likeness (QED) is 0.671. The van der Waals surface area contributed by atoms with Crippen LogP contribution < -0.4 is 11.1 Å². The van der Waals surface area contributed by atoms with Crippen LogP contribution in [-0.4, -0.2) is 17.9 Å². The van der Waals surface area contributed by atoms with Gasteiger partial charge in [-0.2, -0.15) is 13.2 Å². The maximum atomic E-state index is 13.0. The van der Waals surface area contributed by atoms with E-state index in [4.69, 9.17) is 5.73 Å². The van der Waals surface area contributed by atoms with Gasteiger partial charge in [-0.3, -0.25) is 9.59 Å². The number of halogens is 4. The van der Waals surface area contributed by atoms with Gasteiger partial charge in [-0.1, -0.05) is 30.3 Å². The minimum atomic E-state index is -4.68. The van der Waals surface area contributed by atoms with E-state index in [1.807, 2.05) is 12.1 Å². The van der Waals surface area contributed by atoms with E-state index in [9.17, 15) is 22.8 Å². The first-order valence-corrected chi connectivity index (χ1v) is 8.28. The molecule has 2 amide bonds. The highest BCUT2D eigenvalue weighted by Crippen LogP contribution is 2.31. The number of primary amides is 1. The molecule has 0 aliphatic rings. The second-order valence-electron chi connectivity index (χ2n) is 5.27. The second-order valence-corrected chi connectivity index (χ2v) is 6.43. The first kappa shape index (κ1) is 19.2. The van der Waals surface area contributed by atoms with E-state index in [0.29, 0.717) is 0 Å². The van der Waals surface area contributed by atoms with Crippen LogP contribution in [0, 0.1) is 3.57 Å². The van der Waals surface area contributed by atoms with Gasteiger partial charge in [-0.25, -0.2) is 0 Å². The number of benzene rings is 2. The number of alkyl halides is 3. The molecule has 2 aromatic rings. The third kappa shape index (κ3) is 4.94. The largest absolute Gasteiger partial charge is 0.417 e. The van der Waals surface area contributed by atoms with Gasteiger partial charge in [0.05, 0.1) is 11.1 Å². The number of carbonyl (C=O) groups is 2. The van der Waals surface area contributed by atoms with Crippen molar-refractivity contribution in [1.82, 2.24) is 5.32 Å². The molecule has 8 heteroatoms. The fourth-order valence-electron chi connectivity index (χ4n) is 2.27. The Morgan fingerprint density at radius 2 is 1.68 bits per heavy atom. The molecule has 0 aliphatic heterocycles. The van der Waals surface area contributed by atoms with E-state index in [1.54, 1.807) is 12.1 Å². The average Bonchev–Trinajstić information content (AvgIpc) is 2.55. The summed E-state index contributed by atoms with van der Waals surface area (Å²) in [5, 5.41) is 2.30. The summed E-state index contributed by atoms with van der Waals surface area (Å²) in [6.07, 6.45) is -4.58. The molecule has 3 N–H and O–H groups in total. The molecule has 132 valence electrons. The highest BCUT2D eigenvalue weighted by Gasteiger charge is 2.35. The highest BCUT2D eigenvalue weighted by atomic mass is 127. The molecule has 0 heterocycles. The molecule has 2 rings (SSSR count). The Morgan fingerprint density at radius 1 is 1.08 bits per heavy atom. The Hall–Kier alpha value is -2.10. The van der Waals surface area contributed by atoms with Crippen molar-refractivity contribution in [2.75, 3.05) is 0 Å². The first-order valence-electron chi connectivity index (χ1n) is 7.20. The minimum absolute atomic E-state index is 0.0916. The molecule has 0 bridgehead atoms. The summed E-state index contributed by atoms with van der Waals surface area (Å²) in [5.41, 5.74) is 4.45. The minimum Gasteiger partial charge on any atom is -0.368 e. The summed E-state index contributed by atoms with van der Waals surface area (Å²) in [4.78, 5) is 23.9. The summed E-state index contributed by atoms with van der Waals surface area (Å²) in [5.74, 6) is -1.82. The van der Waals surface area contributed by atoms with Crippen LogP contribution in [0.1, 0.15) is 21.5 Å². The SMILES string of the molecule is NC(=O)[C@@H](Cc1ccccc1I)NC(=O)c1ccccc1C(F)(F)F. The summed E-state index contributed by atoms with van der Waals surface area (Å²) in [7, 11) is 0. The van der Waals surface area contributed by atoms with Crippen molar-refractivity contribution in [2.45, 2.75) is 18.6 Å². The number of hydrogen-bond donors (Lipinski definition) is 2. The van der Waals surface area contributed by atoms with E-state index < -0.39 is 35.2 Å². The van der Waals surface area contributed by atoms with E-state index in [0.717, 1.165) is 21.3 Å². The number of hydrogen-bond acceptors (Lipinski definition) is 2. The Morgan fingerprint density at radius 3 is 2.28 bits per heavy atom. The molecule has 1 atom stereocenters. The molecule has 0 spiro atoms. The number of carbonyl (C=O) groups excluding carboxylic acids is 2. The molecule has 0 radical (unpaired) electrons. The zero-order valence-electron chi connectivity index (χ0n) is 12.8. The fourth-order valence-corrected chi connectivity index (χ4v) is 2.88. The smallest absolute Gasteiger partial charge is 0.368 e. The van der Waals surface area contributed by atoms with Crippen molar-refractivity contribution in [3.05, 3.63) is 68.8 Å². The standard InChI is InChI=1S/C17H14F3IN2O2/c18-17(19,20)12-7-3-2-6-11(12)16(25)23-14(15(22)24)9-10-5-1-4-8-13(10)21/h1-8,14H,9H2,(H2,22,24)(H,23,25)/t14-/m1/s1. The van der Waals surface area contributed by atoms with Crippen LogP contribution in [0.2, 0.25) is 0 Å². The molecular formula is C17H14F3IN2O2. The Balaban J connectivity index is 2.25. The molecule has 0 aromatic heterocycles. The molecule has 25 heavy (non-hydrogen) atoms. The lowest BCUT2D eigenvalue weighted by Crippen LogP contribution is -2.46. The average molecular weight is 462 g/mol. The van der Waals surface area contributed by atoms with Gasteiger partial charge in [0, 0.05) is 9.99 Å². The van der Waals surface area contributed by atoms with E-state index >= 15 is 0 Å². The van der Waals surface area contributed by atoms with Crippen molar-refractivity contribution in [2.24, 2.45) is 5.73 Å². The summed E-state index contributed by atoms with van der Waals surface area (Å²) < 4.78 is 40.0. The van der Waals surface area contributed by atoms with Crippen molar-refractivity contribution in [3.8, 4) is 0 Å². The van der Waals surface area contributed by atoms with Gasteiger partial charge in [0.25, 0.3) is 5.91 Å². The highest BCUT2D eigenvalue weighted by molar-refractivity contribution is 14.1. The fraction of sp³-hybridized carbons (Fsp3) is 0.176. The Labute approximate surface area is 155 Å². The van der Waals surface area contributed by atoms with Gasteiger partial charge < -0.3 is 11.1 Å². The second kappa shape index (κ2) is 7.85. The molecule has 0 unspecified atom stereocenters. The first-order chi connectivity index (χ1) is 11.7. The molecule has 0 fully saturated rings. The Kier molecular flexibility index (Phi) is 6.04. The molecule has 2 aromatic carbocycles. The number of amides is 2. The number of nitrogens with two attached hydrogens (primary N) is 1. The van der Waals surface area contributed by atoms with Crippen LogP contribution >= 0.6 is 22.6 Å². The van der Waals surface area contributed by atoms with Crippen LogP contribution in [0.5, 0.6) is 0 Å². The van der Waals surface area contributed by atoms with Crippen LogP contribution in [0.15, 0.2) is 48.5 Å². The lowest BCUT2D eigenvalue weighted by Gasteiger charge is -2.18. The van der Waals surface area contributed by atoms with Crippen molar-refractivity contribution >= 4 is 34.4 Å². The van der Waals surface area contributed by atoms with Gasteiger partial charge in [0.15, 0.2) is 0 Å². The topological polar surface area (TPSA) is 72.2 Å². The van der Waals surface area contributed by atoms with Crippen molar-refractivity contribution in [1.29, 1.82) is 0 Å². The van der Waals surface area contributed by atoms with Crippen molar-refractivity contribution < 1.29 is 22.8 Å². The predicted octanol–water partition coefficient (Wildman–Crippen LogP) is 3.14. The monoisotopic (exact) mass is 462 g/mol. The van der Waals surface area contributed by atoms with E-state index in [2.05, 4.69) is 27.9 Å². The van der Waals surface area contributed by atoms with E-state index in [1.165, 1.54) is 12.1 Å². The predicted molar refractivity (Wildman–Crippen MR) is 94.8 cm³/mol. The van der Waals surface area contributed by atoms with Gasteiger partial charge >= 0.3 is 6.18 Å². The summed E-state index contributed by atoms with van der Waals surface area (Å²) in [6, 6.07) is 10.4. The third-order valence-corrected chi connectivity index (χ3v) is 4.56. The van der Waals surface area contributed by atoms with Gasteiger partial charge in [0.2, 0.25) is 5.91 Å². The lowest BCUT2D eigenvalue weighted by molar-refractivity contribution is -0.137. The normalized spacial score (nSPS) is 12.5. The molecule has 0 aliphatic carbocycles. The molecular weight excluding hydrogens is 448 g/mol. The molecule has 0 saturated heterocycles. The maximum absolute atomic E-state index is 13.0. The molecule has 4 nitrogen and oxygen atoms in total. The van der Waals surface area contributed by atoms with Gasteiger partial charge in [0.1, 0.15) is 6.04 Å². The van der Waals surface area contributed by atoms with Crippen LogP contribution in [-0.2, 0) is 17.4 Å². The third-order valence-electron chi connectivity index (χ3n) is 3.51. The van der Waals surface area contributed by atoms with Crippen molar-refractivity contribution in [3.63, 3.8) is 0 Å². The zero-order valence-corrected chi connectivity index (χ0v) is 15.0. The number of nitrogens with one attached hydrogen (secondary N) is 1. The summed E-state index contributed by atoms with van der Waals surface area (Å²) in [6.45, 7) is 0. The maximum Gasteiger partial charge on any atom is 0.417 e.